The molecule has 1 aromatic rings. The van der Waals surface area contributed by atoms with Crippen LogP contribution in [0, 0.1) is 0 Å². The minimum atomic E-state index is 0.0148. The van der Waals surface area contributed by atoms with Gasteiger partial charge in [-0.25, -0.2) is 0 Å². The van der Waals surface area contributed by atoms with Gasteiger partial charge in [0.25, 0.3) is 0 Å². The van der Waals surface area contributed by atoms with Crippen molar-refractivity contribution in [3.63, 3.8) is 0 Å². The molecule has 1 aliphatic rings. The van der Waals surface area contributed by atoms with E-state index in [0.29, 0.717) is 5.02 Å². The van der Waals surface area contributed by atoms with E-state index in [0.717, 1.165) is 24.9 Å². The van der Waals surface area contributed by atoms with Crippen molar-refractivity contribution in [2.24, 2.45) is 0 Å². The maximum absolute atomic E-state index is 11.5. The number of halogens is 1. The van der Waals surface area contributed by atoms with Crippen LogP contribution in [0.5, 0.6) is 0 Å². The predicted molar refractivity (Wildman–Crippen MR) is 56.4 cm³/mol. The molecule has 1 aliphatic heterocycles. The first kappa shape index (κ1) is 9.53. The van der Waals surface area contributed by atoms with E-state index in [1.54, 1.807) is 0 Å². The first-order valence-corrected chi connectivity index (χ1v) is 5.18. The van der Waals surface area contributed by atoms with Gasteiger partial charge >= 0.3 is 0 Å². The summed E-state index contributed by atoms with van der Waals surface area (Å²) in [5.74, 6) is 0.152. The Kier molecular flexibility index (Phi) is 2.73. The topological polar surface area (TPSA) is 29.1 Å². The molecule has 1 heterocycles. The first-order chi connectivity index (χ1) is 6.77. The Morgan fingerprint density at radius 2 is 2.00 bits per heavy atom. The molecule has 1 saturated heterocycles. The quantitative estimate of drug-likeness (QED) is 0.756. The summed E-state index contributed by atoms with van der Waals surface area (Å²) in [6.45, 7) is 0.808. The predicted octanol–water partition coefficient (Wildman–Crippen LogP) is 2.33. The Bertz CT molecular complexity index is 334. The third-order valence-corrected chi connectivity index (χ3v) is 2.81. The highest BCUT2D eigenvalue weighted by Crippen LogP contribution is 2.25. The average molecular weight is 210 g/mol. The minimum absolute atomic E-state index is 0.0148. The standard InChI is InChI=1S/C11H12ClNO/c12-9-5-3-8(4-6-9)10-2-1-7-13-11(10)14/h3-6,10H,1-2,7H2,(H,13,14). The zero-order valence-electron chi connectivity index (χ0n) is 7.79. The molecular weight excluding hydrogens is 198 g/mol. The van der Waals surface area contributed by atoms with Gasteiger partial charge in [0, 0.05) is 11.6 Å². The molecule has 0 bridgehead atoms. The monoisotopic (exact) mass is 209 g/mol. The van der Waals surface area contributed by atoms with Crippen LogP contribution in [0.1, 0.15) is 24.3 Å². The van der Waals surface area contributed by atoms with Gasteiger partial charge in [-0.1, -0.05) is 23.7 Å². The number of piperidine rings is 1. The lowest BCUT2D eigenvalue weighted by Gasteiger charge is -2.21. The average Bonchev–Trinajstić information content (AvgIpc) is 2.20. The number of carbonyl (C=O) groups excluding carboxylic acids is 1. The molecule has 0 spiro atoms. The Morgan fingerprint density at radius 1 is 1.29 bits per heavy atom. The fraction of sp³-hybridized carbons (Fsp3) is 0.364. The number of amides is 1. The van der Waals surface area contributed by atoms with Gasteiger partial charge in [0.2, 0.25) is 5.91 Å². The van der Waals surface area contributed by atoms with Crippen LogP contribution in [-0.2, 0) is 4.79 Å². The van der Waals surface area contributed by atoms with Crippen molar-refractivity contribution < 1.29 is 4.79 Å². The van der Waals surface area contributed by atoms with Gasteiger partial charge in [-0.05, 0) is 30.5 Å². The number of hydrogen-bond acceptors (Lipinski definition) is 1. The summed E-state index contributed by atoms with van der Waals surface area (Å²) in [4.78, 5) is 11.5. The number of benzene rings is 1. The van der Waals surface area contributed by atoms with Crippen molar-refractivity contribution in [1.29, 1.82) is 0 Å². The van der Waals surface area contributed by atoms with Gasteiger partial charge in [0.15, 0.2) is 0 Å². The van der Waals surface area contributed by atoms with Gasteiger partial charge in [-0.2, -0.15) is 0 Å². The molecule has 0 aromatic heterocycles. The Balaban J connectivity index is 2.20. The molecule has 14 heavy (non-hydrogen) atoms. The van der Waals surface area contributed by atoms with Crippen LogP contribution in [0.3, 0.4) is 0 Å². The molecule has 1 atom stereocenters. The molecule has 74 valence electrons. The van der Waals surface area contributed by atoms with Crippen molar-refractivity contribution in [1.82, 2.24) is 5.32 Å². The Hall–Kier alpha value is -1.02. The molecule has 2 rings (SSSR count). The van der Waals surface area contributed by atoms with Crippen LogP contribution >= 0.6 is 11.6 Å². The molecule has 0 saturated carbocycles. The second-order valence-corrected chi connectivity index (χ2v) is 3.97. The van der Waals surface area contributed by atoms with Gasteiger partial charge in [-0.15, -0.1) is 0 Å². The van der Waals surface area contributed by atoms with Crippen LogP contribution in [0.25, 0.3) is 0 Å². The summed E-state index contributed by atoms with van der Waals surface area (Å²) in [5, 5.41) is 3.59. The molecule has 3 heteroatoms. The van der Waals surface area contributed by atoms with E-state index >= 15 is 0 Å². The molecule has 1 aromatic carbocycles. The van der Waals surface area contributed by atoms with E-state index < -0.39 is 0 Å². The largest absolute Gasteiger partial charge is 0.356 e. The highest BCUT2D eigenvalue weighted by molar-refractivity contribution is 6.30. The lowest BCUT2D eigenvalue weighted by molar-refractivity contribution is -0.123. The summed E-state index contributed by atoms with van der Waals surface area (Å²) in [6, 6.07) is 7.52. The summed E-state index contributed by atoms with van der Waals surface area (Å²) >= 11 is 5.79. The van der Waals surface area contributed by atoms with E-state index in [4.69, 9.17) is 11.6 Å². The maximum atomic E-state index is 11.5. The smallest absolute Gasteiger partial charge is 0.227 e. The minimum Gasteiger partial charge on any atom is -0.356 e. The number of rotatable bonds is 1. The SMILES string of the molecule is O=C1NCCCC1c1ccc(Cl)cc1. The lowest BCUT2D eigenvalue weighted by Crippen LogP contribution is -2.34. The molecule has 1 N–H and O–H groups in total. The van der Waals surface area contributed by atoms with Crippen molar-refractivity contribution in [2.75, 3.05) is 6.54 Å². The van der Waals surface area contributed by atoms with E-state index in [-0.39, 0.29) is 11.8 Å². The Morgan fingerprint density at radius 3 is 2.64 bits per heavy atom. The summed E-state index contributed by atoms with van der Waals surface area (Å²) < 4.78 is 0. The summed E-state index contributed by atoms with van der Waals surface area (Å²) in [5.41, 5.74) is 1.06. The summed E-state index contributed by atoms with van der Waals surface area (Å²) in [7, 11) is 0. The van der Waals surface area contributed by atoms with Crippen molar-refractivity contribution in [2.45, 2.75) is 18.8 Å². The van der Waals surface area contributed by atoms with E-state index in [1.165, 1.54) is 0 Å². The van der Waals surface area contributed by atoms with Crippen LogP contribution < -0.4 is 5.32 Å². The molecular formula is C11H12ClNO. The van der Waals surface area contributed by atoms with E-state index in [1.807, 2.05) is 24.3 Å². The molecule has 1 amide bonds. The van der Waals surface area contributed by atoms with Gasteiger partial charge in [0.05, 0.1) is 5.92 Å². The fourth-order valence-corrected chi connectivity index (χ4v) is 1.91. The van der Waals surface area contributed by atoms with Crippen molar-refractivity contribution >= 4 is 17.5 Å². The molecule has 0 radical (unpaired) electrons. The van der Waals surface area contributed by atoms with Gasteiger partial charge in [-0.3, -0.25) is 4.79 Å². The number of carbonyl (C=O) groups is 1. The molecule has 1 unspecified atom stereocenters. The normalized spacial score (nSPS) is 21.8. The van der Waals surface area contributed by atoms with Crippen LogP contribution in [0.15, 0.2) is 24.3 Å². The van der Waals surface area contributed by atoms with Crippen LogP contribution in [0.2, 0.25) is 5.02 Å². The molecule has 1 fully saturated rings. The maximum Gasteiger partial charge on any atom is 0.227 e. The highest BCUT2D eigenvalue weighted by Gasteiger charge is 2.23. The van der Waals surface area contributed by atoms with Gasteiger partial charge in [0.1, 0.15) is 0 Å². The zero-order valence-corrected chi connectivity index (χ0v) is 8.55. The van der Waals surface area contributed by atoms with Crippen LogP contribution in [0.4, 0.5) is 0 Å². The molecule has 2 nitrogen and oxygen atoms in total. The second kappa shape index (κ2) is 4.01. The van der Waals surface area contributed by atoms with Gasteiger partial charge < -0.3 is 5.32 Å². The number of nitrogens with one attached hydrogen (secondary N) is 1. The highest BCUT2D eigenvalue weighted by atomic mass is 35.5. The van der Waals surface area contributed by atoms with Crippen LogP contribution in [-0.4, -0.2) is 12.5 Å². The van der Waals surface area contributed by atoms with E-state index in [9.17, 15) is 4.79 Å². The summed E-state index contributed by atoms with van der Waals surface area (Å²) in [6.07, 6.45) is 1.99. The fourth-order valence-electron chi connectivity index (χ4n) is 1.79. The second-order valence-electron chi connectivity index (χ2n) is 3.54. The van der Waals surface area contributed by atoms with E-state index in [2.05, 4.69) is 5.32 Å². The van der Waals surface area contributed by atoms with Crippen molar-refractivity contribution in [3.05, 3.63) is 34.9 Å². The third-order valence-electron chi connectivity index (χ3n) is 2.56. The van der Waals surface area contributed by atoms with Crippen molar-refractivity contribution in [3.8, 4) is 0 Å². The zero-order chi connectivity index (χ0) is 9.97. The first-order valence-electron chi connectivity index (χ1n) is 4.80. The Labute approximate surface area is 88.3 Å². The molecule has 0 aliphatic carbocycles. The lowest BCUT2D eigenvalue weighted by atomic mass is 9.91. The number of hydrogen-bond donors (Lipinski definition) is 1. The third kappa shape index (κ3) is 1.90.